The van der Waals surface area contributed by atoms with Crippen LogP contribution in [0.25, 0.3) is 0 Å². The van der Waals surface area contributed by atoms with Crippen LogP contribution >= 0.6 is 12.2 Å². The third-order valence-electron chi connectivity index (χ3n) is 3.54. The molecule has 2 fully saturated rings. The number of carbonyl (C=O) groups excluding carboxylic acids is 1. The predicted molar refractivity (Wildman–Crippen MR) is 72.8 cm³/mol. The summed E-state index contributed by atoms with van der Waals surface area (Å²) in [6.45, 7) is 1.54. The molecule has 0 aromatic carbocycles. The van der Waals surface area contributed by atoms with Crippen molar-refractivity contribution in [3.63, 3.8) is 0 Å². The molecule has 102 valence electrons. The minimum Gasteiger partial charge on any atom is -0.376 e. The van der Waals surface area contributed by atoms with E-state index in [1.165, 1.54) is 0 Å². The van der Waals surface area contributed by atoms with Crippen LogP contribution in [0, 0.1) is 5.92 Å². The Bertz CT molecular complexity index is 300. The average Bonchev–Trinajstić information content (AvgIpc) is 3.05. The van der Waals surface area contributed by atoms with E-state index < -0.39 is 0 Å². The standard InChI is InChI=1S/C12H21N3O2S/c16-11(9-4-1-2-5-9)14-15-12(18)13-8-10-6-3-7-17-10/h9-10H,1-8H2,(H,14,16)(H2,13,15,18)/t10-/m1/s1. The molecule has 0 bridgehead atoms. The average molecular weight is 271 g/mol. The van der Waals surface area contributed by atoms with Crippen LogP contribution < -0.4 is 16.2 Å². The number of hydrazine groups is 1. The highest BCUT2D eigenvalue weighted by Crippen LogP contribution is 2.24. The highest BCUT2D eigenvalue weighted by molar-refractivity contribution is 7.80. The van der Waals surface area contributed by atoms with Crippen molar-refractivity contribution in [2.45, 2.75) is 44.6 Å². The molecule has 1 atom stereocenters. The second kappa shape index (κ2) is 6.89. The number of ether oxygens (including phenoxy) is 1. The maximum Gasteiger partial charge on any atom is 0.241 e. The van der Waals surface area contributed by atoms with Gasteiger partial charge >= 0.3 is 0 Å². The zero-order valence-corrected chi connectivity index (χ0v) is 11.4. The largest absolute Gasteiger partial charge is 0.376 e. The Balaban J connectivity index is 1.57. The zero-order chi connectivity index (χ0) is 12.8. The predicted octanol–water partition coefficient (Wildman–Crippen LogP) is 0.851. The molecular formula is C12H21N3O2S. The maximum absolute atomic E-state index is 11.7. The van der Waals surface area contributed by atoms with Gasteiger partial charge in [-0.2, -0.15) is 0 Å². The molecule has 1 saturated carbocycles. The maximum atomic E-state index is 11.7. The number of rotatable bonds is 3. The fourth-order valence-corrected chi connectivity index (χ4v) is 2.60. The lowest BCUT2D eigenvalue weighted by Gasteiger charge is -2.16. The molecular weight excluding hydrogens is 250 g/mol. The summed E-state index contributed by atoms with van der Waals surface area (Å²) in [5, 5.41) is 3.51. The van der Waals surface area contributed by atoms with E-state index in [1.807, 2.05) is 0 Å². The number of hydrogen-bond acceptors (Lipinski definition) is 3. The third-order valence-corrected chi connectivity index (χ3v) is 3.79. The third kappa shape index (κ3) is 4.10. The first-order valence-electron chi connectivity index (χ1n) is 6.71. The first-order valence-corrected chi connectivity index (χ1v) is 7.12. The Kier molecular flexibility index (Phi) is 5.19. The van der Waals surface area contributed by atoms with E-state index in [1.54, 1.807) is 0 Å². The molecule has 0 unspecified atom stereocenters. The van der Waals surface area contributed by atoms with E-state index >= 15 is 0 Å². The second-order valence-corrected chi connectivity index (χ2v) is 5.35. The van der Waals surface area contributed by atoms with Gasteiger partial charge in [-0.25, -0.2) is 0 Å². The molecule has 1 aliphatic heterocycles. The van der Waals surface area contributed by atoms with Crippen LogP contribution in [0.2, 0.25) is 0 Å². The van der Waals surface area contributed by atoms with E-state index in [2.05, 4.69) is 16.2 Å². The fourth-order valence-electron chi connectivity index (χ4n) is 2.46. The van der Waals surface area contributed by atoms with Crippen LogP contribution in [0.15, 0.2) is 0 Å². The van der Waals surface area contributed by atoms with Gasteiger partial charge in [0.05, 0.1) is 6.10 Å². The molecule has 3 N–H and O–H groups in total. The number of hydrogen-bond donors (Lipinski definition) is 3. The summed E-state index contributed by atoms with van der Waals surface area (Å²) in [5.74, 6) is 0.201. The minimum atomic E-state index is 0.0498. The van der Waals surface area contributed by atoms with E-state index in [0.29, 0.717) is 11.7 Å². The van der Waals surface area contributed by atoms with Gasteiger partial charge in [0.1, 0.15) is 0 Å². The first-order chi connectivity index (χ1) is 8.75. The number of amides is 1. The lowest BCUT2D eigenvalue weighted by Crippen LogP contribution is -2.49. The highest BCUT2D eigenvalue weighted by atomic mass is 32.1. The summed E-state index contributed by atoms with van der Waals surface area (Å²) in [4.78, 5) is 11.7. The highest BCUT2D eigenvalue weighted by Gasteiger charge is 2.22. The van der Waals surface area contributed by atoms with Crippen LogP contribution in [-0.2, 0) is 9.53 Å². The smallest absolute Gasteiger partial charge is 0.241 e. The van der Waals surface area contributed by atoms with Gasteiger partial charge in [0.2, 0.25) is 5.91 Å². The molecule has 0 aromatic rings. The number of nitrogens with one attached hydrogen (secondary N) is 3. The first kappa shape index (κ1) is 13.5. The molecule has 1 amide bonds. The second-order valence-electron chi connectivity index (χ2n) is 4.94. The molecule has 0 radical (unpaired) electrons. The van der Waals surface area contributed by atoms with Gasteiger partial charge in [0.25, 0.3) is 0 Å². The van der Waals surface area contributed by atoms with Crippen molar-refractivity contribution in [1.29, 1.82) is 0 Å². The molecule has 5 nitrogen and oxygen atoms in total. The van der Waals surface area contributed by atoms with Gasteiger partial charge in [0.15, 0.2) is 5.11 Å². The zero-order valence-electron chi connectivity index (χ0n) is 10.5. The fraction of sp³-hybridized carbons (Fsp3) is 0.833. The minimum absolute atomic E-state index is 0.0498. The van der Waals surface area contributed by atoms with Gasteiger partial charge in [-0.15, -0.1) is 0 Å². The van der Waals surface area contributed by atoms with E-state index in [-0.39, 0.29) is 17.9 Å². The lowest BCUT2D eigenvalue weighted by atomic mass is 10.1. The number of thiocarbonyl (C=S) groups is 1. The number of carbonyl (C=O) groups is 1. The molecule has 6 heteroatoms. The van der Waals surface area contributed by atoms with E-state index in [4.69, 9.17) is 17.0 Å². The van der Waals surface area contributed by atoms with Gasteiger partial charge in [-0.05, 0) is 37.9 Å². The molecule has 0 aromatic heterocycles. The summed E-state index contributed by atoms with van der Waals surface area (Å²) in [6.07, 6.45) is 6.72. The quantitative estimate of drug-likeness (QED) is 0.525. The Morgan fingerprint density at radius 1 is 1.17 bits per heavy atom. The van der Waals surface area contributed by atoms with E-state index in [9.17, 15) is 4.79 Å². The molecule has 2 aliphatic rings. The summed E-state index contributed by atoms with van der Waals surface area (Å²) >= 11 is 5.09. The monoisotopic (exact) mass is 271 g/mol. The Morgan fingerprint density at radius 2 is 1.94 bits per heavy atom. The van der Waals surface area contributed by atoms with Crippen molar-refractivity contribution in [3.8, 4) is 0 Å². The van der Waals surface area contributed by atoms with Gasteiger partial charge in [0, 0.05) is 19.1 Å². The molecule has 0 spiro atoms. The van der Waals surface area contributed by atoms with Gasteiger partial charge in [-0.1, -0.05) is 12.8 Å². The molecule has 1 saturated heterocycles. The SMILES string of the molecule is O=C(NNC(=S)NC[C@H]1CCCO1)C1CCCC1. The summed E-state index contributed by atoms with van der Waals surface area (Å²) < 4.78 is 5.47. The van der Waals surface area contributed by atoms with Crippen LogP contribution in [0.1, 0.15) is 38.5 Å². The van der Waals surface area contributed by atoms with Crippen LogP contribution in [-0.4, -0.2) is 30.3 Å². The van der Waals surface area contributed by atoms with Crippen LogP contribution in [0.4, 0.5) is 0 Å². The van der Waals surface area contributed by atoms with Gasteiger partial charge < -0.3 is 10.1 Å². The van der Waals surface area contributed by atoms with Crippen molar-refractivity contribution in [2.24, 2.45) is 5.92 Å². The van der Waals surface area contributed by atoms with Crippen molar-refractivity contribution in [3.05, 3.63) is 0 Å². The van der Waals surface area contributed by atoms with Crippen molar-refractivity contribution < 1.29 is 9.53 Å². The van der Waals surface area contributed by atoms with Crippen LogP contribution in [0.5, 0.6) is 0 Å². The normalized spacial score (nSPS) is 23.9. The van der Waals surface area contributed by atoms with Crippen LogP contribution in [0.3, 0.4) is 0 Å². The molecule has 2 rings (SSSR count). The Labute approximate surface area is 113 Å². The van der Waals surface area contributed by atoms with Gasteiger partial charge in [-0.3, -0.25) is 15.6 Å². The topological polar surface area (TPSA) is 62.4 Å². The molecule has 18 heavy (non-hydrogen) atoms. The molecule has 1 heterocycles. The van der Waals surface area contributed by atoms with Crippen molar-refractivity contribution in [2.75, 3.05) is 13.2 Å². The Hall–Kier alpha value is -0.880. The Morgan fingerprint density at radius 3 is 2.61 bits per heavy atom. The van der Waals surface area contributed by atoms with Crippen molar-refractivity contribution >= 4 is 23.2 Å². The van der Waals surface area contributed by atoms with E-state index in [0.717, 1.165) is 45.1 Å². The summed E-state index contributed by atoms with van der Waals surface area (Å²) in [5.41, 5.74) is 5.41. The summed E-state index contributed by atoms with van der Waals surface area (Å²) in [7, 11) is 0. The van der Waals surface area contributed by atoms with Crippen molar-refractivity contribution in [1.82, 2.24) is 16.2 Å². The molecule has 1 aliphatic carbocycles. The summed E-state index contributed by atoms with van der Waals surface area (Å²) in [6, 6.07) is 0. The lowest BCUT2D eigenvalue weighted by molar-refractivity contribution is -0.125.